The Morgan fingerprint density at radius 1 is 0.633 bits per heavy atom. The van der Waals surface area contributed by atoms with Crippen LogP contribution < -0.4 is 20.7 Å². The van der Waals surface area contributed by atoms with Gasteiger partial charge in [-0.15, -0.1) is 12.6 Å². The third kappa shape index (κ3) is 11.7. The summed E-state index contributed by atoms with van der Waals surface area (Å²) < 4.78 is 36.8. The van der Waals surface area contributed by atoms with Crippen LogP contribution in [0.5, 0.6) is 11.5 Å². The molecule has 0 spiro atoms. The van der Waals surface area contributed by atoms with Crippen molar-refractivity contribution in [3.63, 3.8) is 0 Å². The summed E-state index contributed by atoms with van der Waals surface area (Å²) in [7, 11) is 0. The summed E-state index contributed by atoms with van der Waals surface area (Å²) >= 11 is 4.95. The fourth-order valence-electron chi connectivity index (χ4n) is 7.42. The lowest BCUT2D eigenvalue weighted by molar-refractivity contribution is -0.172. The Hall–Kier alpha value is -5.32. The van der Waals surface area contributed by atoms with Gasteiger partial charge in [-0.25, -0.2) is 9.59 Å². The smallest absolute Gasteiger partial charge is 0.344 e. The van der Waals surface area contributed by atoms with Crippen LogP contribution in [0.3, 0.4) is 0 Å². The van der Waals surface area contributed by atoms with E-state index in [0.717, 1.165) is 21.9 Å². The zero-order valence-corrected chi connectivity index (χ0v) is 36.9. The second kappa shape index (κ2) is 17.7. The Morgan fingerprint density at radius 2 is 1.08 bits per heavy atom. The minimum absolute atomic E-state index is 0.0228. The minimum Gasteiger partial charge on any atom is -0.491 e. The van der Waals surface area contributed by atoms with Gasteiger partial charge in [0.2, 0.25) is 0 Å². The Balaban J connectivity index is 1.21. The van der Waals surface area contributed by atoms with Crippen LogP contribution in [0, 0.1) is 16.7 Å². The van der Waals surface area contributed by atoms with Crippen molar-refractivity contribution in [1.82, 2.24) is 0 Å². The van der Waals surface area contributed by atoms with Crippen LogP contribution in [-0.4, -0.2) is 35.8 Å². The number of carbonyl (C=O) groups is 1. The lowest BCUT2D eigenvalue weighted by Crippen LogP contribution is -2.44. The van der Waals surface area contributed by atoms with E-state index in [1.165, 1.54) is 0 Å². The van der Waals surface area contributed by atoms with Gasteiger partial charge in [0, 0.05) is 29.3 Å². The summed E-state index contributed by atoms with van der Waals surface area (Å²) in [6, 6.07) is 33.0. The lowest BCUT2D eigenvalue weighted by atomic mass is 9.72. The first-order valence-electron chi connectivity index (χ1n) is 20.3. The highest BCUT2D eigenvalue weighted by Crippen LogP contribution is 2.39. The molecule has 0 N–H and O–H groups in total. The zero-order chi connectivity index (χ0) is 43.5. The summed E-state index contributed by atoms with van der Waals surface area (Å²) in [6.45, 7) is 18.1. The van der Waals surface area contributed by atoms with Crippen molar-refractivity contribution >= 4 is 40.5 Å². The topological polar surface area (TPSA) is 114 Å². The number of carbonyl (C=O) groups excluding carboxylic acids is 1. The summed E-state index contributed by atoms with van der Waals surface area (Å²) in [5.74, 6) is 0.338. The molecule has 9 nitrogen and oxygen atoms in total. The third-order valence-electron chi connectivity index (χ3n) is 10.2. The predicted molar refractivity (Wildman–Crippen MR) is 241 cm³/mol. The van der Waals surface area contributed by atoms with Crippen LogP contribution in [0.4, 0.5) is 0 Å². The molecule has 4 aromatic carbocycles. The van der Waals surface area contributed by atoms with Crippen LogP contribution >= 0.6 is 12.6 Å². The second-order valence-corrected chi connectivity index (χ2v) is 19.6. The van der Waals surface area contributed by atoms with Crippen LogP contribution in [-0.2, 0) is 14.3 Å². The van der Waals surface area contributed by atoms with E-state index >= 15 is 0 Å². The van der Waals surface area contributed by atoms with Gasteiger partial charge >= 0.3 is 17.2 Å². The molecule has 2 heterocycles. The van der Waals surface area contributed by atoms with E-state index in [1.807, 2.05) is 106 Å². The molecule has 0 radical (unpaired) electrons. The van der Waals surface area contributed by atoms with E-state index in [4.69, 9.17) is 40.4 Å². The van der Waals surface area contributed by atoms with Crippen molar-refractivity contribution in [2.24, 2.45) is 16.7 Å². The normalized spacial score (nSPS) is 13.9. The maximum Gasteiger partial charge on any atom is 0.344 e. The molecule has 2 atom stereocenters. The lowest BCUT2D eigenvalue weighted by Gasteiger charge is -2.39. The molecule has 0 amide bonds. The SMILES string of the molecule is CC(C)(C)CC(C(=O)OC(C)(C)CC(C)(S)OC(COc1ccc2cc(-c3ccccc3)c(=O)oc2c1)COc1ccc2cc(-c3ccccc3)c(=O)oc2c1)C(C)(C)C. The van der Waals surface area contributed by atoms with Gasteiger partial charge in [-0.2, -0.15) is 0 Å². The first-order valence-corrected chi connectivity index (χ1v) is 20.7. The molecule has 6 aromatic rings. The first-order chi connectivity index (χ1) is 28.1. The average molecular weight is 833 g/mol. The summed E-state index contributed by atoms with van der Waals surface area (Å²) in [5, 5.41) is 1.48. The molecule has 0 bridgehead atoms. The Bertz CT molecular complexity index is 2400. The number of hydrogen-bond donors (Lipinski definition) is 1. The van der Waals surface area contributed by atoms with E-state index in [-0.39, 0.29) is 42.4 Å². The van der Waals surface area contributed by atoms with Crippen molar-refractivity contribution in [3.8, 4) is 33.8 Å². The molecule has 10 heteroatoms. The molecule has 0 aliphatic heterocycles. The molecule has 60 heavy (non-hydrogen) atoms. The van der Waals surface area contributed by atoms with Gasteiger partial charge in [0.25, 0.3) is 0 Å². The standard InChI is InChI=1S/C50H56O9S/c1-47(2,3)28-41(48(4,5)6)46(53)59-49(7,8)31-50(9,60)58-38(29-54-36-22-20-34-24-39(32-16-12-10-13-17-32)44(51)56-42(34)26-36)30-55-37-23-21-35-25-40(33-18-14-11-15-19-33)45(52)57-43(35)27-37/h10-27,38,41,60H,28-31H2,1-9H3. The number of esters is 1. The fraction of sp³-hybridized carbons (Fsp3) is 0.380. The Morgan fingerprint density at radius 3 is 1.50 bits per heavy atom. The van der Waals surface area contributed by atoms with Gasteiger partial charge in [0.15, 0.2) is 0 Å². The van der Waals surface area contributed by atoms with Crippen molar-refractivity contribution in [2.75, 3.05) is 13.2 Å². The molecule has 0 aliphatic rings. The van der Waals surface area contributed by atoms with E-state index < -0.39 is 27.9 Å². The maximum atomic E-state index is 13.7. The number of fused-ring (bicyclic) bond motifs is 2. The highest BCUT2D eigenvalue weighted by molar-refractivity contribution is 7.81. The van der Waals surface area contributed by atoms with E-state index in [1.54, 1.807) is 24.3 Å². The van der Waals surface area contributed by atoms with Crippen molar-refractivity contribution in [1.29, 1.82) is 0 Å². The van der Waals surface area contributed by atoms with Crippen LogP contribution in [0.25, 0.3) is 44.2 Å². The summed E-state index contributed by atoms with van der Waals surface area (Å²) in [6.07, 6.45) is 0.219. The average Bonchev–Trinajstić information content (AvgIpc) is 3.16. The molecule has 0 saturated carbocycles. The van der Waals surface area contributed by atoms with E-state index in [2.05, 4.69) is 41.5 Å². The highest BCUT2D eigenvalue weighted by atomic mass is 32.1. The summed E-state index contributed by atoms with van der Waals surface area (Å²) in [5.41, 5.74) is 1.01. The van der Waals surface area contributed by atoms with Gasteiger partial charge in [-0.05, 0) is 85.5 Å². The van der Waals surface area contributed by atoms with Crippen molar-refractivity contribution in [3.05, 3.63) is 130 Å². The van der Waals surface area contributed by atoms with E-state index in [9.17, 15) is 14.4 Å². The Kier molecular flexibility index (Phi) is 13.1. The van der Waals surface area contributed by atoms with E-state index in [0.29, 0.717) is 40.2 Å². The van der Waals surface area contributed by atoms with Crippen LogP contribution in [0.1, 0.15) is 75.2 Å². The van der Waals surface area contributed by atoms with Gasteiger partial charge < -0.3 is 27.8 Å². The number of hydrogen-bond acceptors (Lipinski definition) is 10. The fourth-order valence-corrected chi connectivity index (χ4v) is 7.95. The molecule has 316 valence electrons. The highest BCUT2D eigenvalue weighted by Gasteiger charge is 2.41. The second-order valence-electron chi connectivity index (χ2n) is 18.6. The quantitative estimate of drug-likeness (QED) is 0.0467. The minimum atomic E-state index is -1.11. The van der Waals surface area contributed by atoms with Gasteiger partial charge in [-0.1, -0.05) is 102 Å². The molecule has 0 saturated heterocycles. The van der Waals surface area contributed by atoms with Gasteiger partial charge in [0.1, 0.15) is 52.5 Å². The molecule has 0 aliphatic carbocycles. The maximum absolute atomic E-state index is 13.7. The zero-order valence-electron chi connectivity index (χ0n) is 36.0. The molecule has 6 rings (SSSR count). The first kappa shape index (κ1) is 44.2. The number of thiol groups is 1. The van der Waals surface area contributed by atoms with Crippen LogP contribution in [0.15, 0.2) is 128 Å². The largest absolute Gasteiger partial charge is 0.491 e. The number of ether oxygens (including phenoxy) is 4. The van der Waals surface area contributed by atoms with Crippen molar-refractivity contribution in [2.45, 2.75) is 91.8 Å². The molecule has 2 aromatic heterocycles. The third-order valence-corrected chi connectivity index (χ3v) is 10.4. The molecule has 0 fully saturated rings. The molecular formula is C50H56O9S. The van der Waals surface area contributed by atoms with Gasteiger partial charge in [-0.3, -0.25) is 4.79 Å². The van der Waals surface area contributed by atoms with Crippen LogP contribution in [0.2, 0.25) is 0 Å². The number of rotatable bonds is 15. The predicted octanol–water partition coefficient (Wildman–Crippen LogP) is 11.5. The van der Waals surface area contributed by atoms with Crippen molar-refractivity contribution < 1.29 is 32.6 Å². The Labute approximate surface area is 357 Å². The molecule has 2 unspecified atom stereocenters. The van der Waals surface area contributed by atoms with Gasteiger partial charge in [0.05, 0.1) is 17.0 Å². The summed E-state index contributed by atoms with van der Waals surface area (Å²) in [4.78, 5) is 38.6. The monoisotopic (exact) mass is 832 g/mol. The number of benzene rings is 4. The molecular weight excluding hydrogens is 777 g/mol.